The molecule has 2 aromatic carbocycles. The normalized spacial score (nSPS) is 16.2. The van der Waals surface area contributed by atoms with E-state index in [1.165, 1.54) is 7.11 Å². The molecule has 29 heavy (non-hydrogen) atoms. The number of carbonyl (C=O) groups excluding carboxylic acids is 1. The number of carbonyl (C=O) groups is 1. The van der Waals surface area contributed by atoms with E-state index < -0.39 is 6.29 Å². The predicted molar refractivity (Wildman–Crippen MR) is 113 cm³/mol. The molecule has 0 saturated heterocycles. The highest BCUT2D eigenvalue weighted by Gasteiger charge is 2.28. The van der Waals surface area contributed by atoms with Gasteiger partial charge in [0.1, 0.15) is 0 Å². The van der Waals surface area contributed by atoms with E-state index in [-0.39, 0.29) is 11.7 Å². The smallest absolute Gasteiger partial charge is 0.290 e. The van der Waals surface area contributed by atoms with Gasteiger partial charge in [0.25, 0.3) is 5.91 Å². The SMILES string of the molecule is COC1=CN(Cc2ccccc2)C(Nc2cccc(-n3cccc3)c2C)NC1=O. The van der Waals surface area contributed by atoms with Crippen LogP contribution < -0.4 is 10.6 Å². The molecule has 1 aliphatic rings. The van der Waals surface area contributed by atoms with Crippen LogP contribution >= 0.6 is 0 Å². The van der Waals surface area contributed by atoms with Crippen LogP contribution in [-0.2, 0) is 16.1 Å². The molecule has 2 heterocycles. The Morgan fingerprint density at radius 3 is 2.52 bits per heavy atom. The average Bonchev–Trinajstić information content (AvgIpc) is 3.27. The van der Waals surface area contributed by atoms with E-state index >= 15 is 0 Å². The number of benzene rings is 2. The van der Waals surface area contributed by atoms with E-state index in [1.54, 1.807) is 6.20 Å². The molecular formula is C23H24N4O2. The lowest BCUT2D eigenvalue weighted by Crippen LogP contribution is -2.54. The largest absolute Gasteiger partial charge is 0.490 e. The maximum absolute atomic E-state index is 12.4. The van der Waals surface area contributed by atoms with Gasteiger partial charge in [0.05, 0.1) is 13.3 Å². The van der Waals surface area contributed by atoms with E-state index in [0.717, 1.165) is 22.5 Å². The van der Waals surface area contributed by atoms with Gasteiger partial charge < -0.3 is 24.8 Å². The number of nitrogens with one attached hydrogen (secondary N) is 2. The monoisotopic (exact) mass is 388 g/mol. The predicted octanol–water partition coefficient (Wildman–Crippen LogP) is 3.60. The van der Waals surface area contributed by atoms with Crippen molar-refractivity contribution in [1.82, 2.24) is 14.8 Å². The van der Waals surface area contributed by atoms with Crippen molar-refractivity contribution in [3.63, 3.8) is 0 Å². The molecule has 0 radical (unpaired) electrons. The van der Waals surface area contributed by atoms with Crippen LogP contribution in [0.4, 0.5) is 5.69 Å². The summed E-state index contributed by atoms with van der Waals surface area (Å²) in [7, 11) is 1.50. The van der Waals surface area contributed by atoms with Crippen LogP contribution in [0.5, 0.6) is 0 Å². The minimum atomic E-state index is -0.403. The van der Waals surface area contributed by atoms with Crippen LogP contribution in [0.1, 0.15) is 11.1 Å². The van der Waals surface area contributed by atoms with E-state index in [4.69, 9.17) is 4.74 Å². The Balaban J connectivity index is 1.63. The number of rotatable bonds is 6. The van der Waals surface area contributed by atoms with E-state index in [0.29, 0.717) is 6.54 Å². The molecule has 148 valence electrons. The first-order valence-electron chi connectivity index (χ1n) is 9.51. The molecule has 2 N–H and O–H groups in total. The van der Waals surface area contributed by atoms with E-state index in [9.17, 15) is 4.79 Å². The first kappa shape index (κ1) is 18.7. The van der Waals surface area contributed by atoms with Gasteiger partial charge >= 0.3 is 0 Å². The number of ether oxygens (including phenoxy) is 1. The van der Waals surface area contributed by atoms with Gasteiger partial charge in [0, 0.05) is 30.3 Å². The highest BCUT2D eigenvalue weighted by Crippen LogP contribution is 2.25. The van der Waals surface area contributed by atoms with E-state index in [2.05, 4.69) is 40.3 Å². The lowest BCUT2D eigenvalue weighted by Gasteiger charge is -2.36. The molecule has 3 aromatic rings. The first-order chi connectivity index (χ1) is 14.2. The molecule has 1 aliphatic heterocycles. The quantitative estimate of drug-likeness (QED) is 0.677. The molecule has 1 aromatic heterocycles. The van der Waals surface area contributed by atoms with Crippen molar-refractivity contribution < 1.29 is 9.53 Å². The van der Waals surface area contributed by atoms with Crippen LogP contribution in [0.2, 0.25) is 0 Å². The fraction of sp³-hybridized carbons (Fsp3) is 0.174. The van der Waals surface area contributed by atoms with E-state index in [1.807, 2.05) is 59.8 Å². The third-order valence-corrected chi connectivity index (χ3v) is 5.01. The number of nitrogens with zero attached hydrogens (tertiary/aromatic N) is 2. The number of hydrogen-bond acceptors (Lipinski definition) is 4. The van der Waals surface area contributed by atoms with Crippen molar-refractivity contribution >= 4 is 11.6 Å². The third-order valence-electron chi connectivity index (χ3n) is 5.01. The molecule has 6 nitrogen and oxygen atoms in total. The van der Waals surface area contributed by atoms with Gasteiger partial charge in [-0.2, -0.15) is 0 Å². The molecule has 0 aliphatic carbocycles. The summed E-state index contributed by atoms with van der Waals surface area (Å²) in [5, 5.41) is 6.47. The standard InChI is InChI=1S/C23H24N4O2/c1-17-19(11-8-12-20(17)26-13-6-7-14-26)24-23-25-22(28)21(29-2)16-27(23)15-18-9-4-3-5-10-18/h3-14,16,23-24H,15H2,1-2H3,(H,25,28). The zero-order chi connectivity index (χ0) is 20.2. The van der Waals surface area contributed by atoms with Crippen molar-refractivity contribution in [3.05, 3.63) is 96.1 Å². The molecule has 0 saturated carbocycles. The van der Waals surface area contributed by atoms with Crippen molar-refractivity contribution in [1.29, 1.82) is 0 Å². The Bertz CT molecular complexity index is 1010. The topological polar surface area (TPSA) is 58.5 Å². The Hall–Kier alpha value is -3.67. The number of aromatic nitrogens is 1. The molecule has 6 heteroatoms. The van der Waals surface area contributed by atoms with Crippen LogP contribution in [0.15, 0.2) is 85.0 Å². The van der Waals surface area contributed by atoms with Gasteiger partial charge in [-0.25, -0.2) is 0 Å². The van der Waals surface area contributed by atoms with Crippen LogP contribution in [0.25, 0.3) is 5.69 Å². The van der Waals surface area contributed by atoms with Crippen molar-refractivity contribution in [2.75, 3.05) is 12.4 Å². The molecular weight excluding hydrogens is 364 g/mol. The van der Waals surface area contributed by atoms with Crippen LogP contribution in [0, 0.1) is 6.92 Å². The lowest BCUT2D eigenvalue weighted by atomic mass is 10.1. The summed E-state index contributed by atoms with van der Waals surface area (Å²) < 4.78 is 7.31. The number of anilines is 1. The minimum Gasteiger partial charge on any atom is -0.490 e. The minimum absolute atomic E-state index is 0.242. The maximum Gasteiger partial charge on any atom is 0.290 e. The van der Waals surface area contributed by atoms with Crippen LogP contribution in [-0.4, -0.2) is 28.8 Å². The summed E-state index contributed by atoms with van der Waals surface area (Å²) in [6, 6.07) is 20.2. The maximum atomic E-state index is 12.4. The number of hydrogen-bond donors (Lipinski definition) is 2. The van der Waals surface area contributed by atoms with Gasteiger partial charge in [-0.15, -0.1) is 0 Å². The fourth-order valence-electron chi connectivity index (χ4n) is 3.46. The fourth-order valence-corrected chi connectivity index (χ4v) is 3.46. The highest BCUT2D eigenvalue weighted by molar-refractivity contribution is 5.92. The molecule has 1 unspecified atom stereocenters. The zero-order valence-corrected chi connectivity index (χ0v) is 16.5. The lowest BCUT2D eigenvalue weighted by molar-refractivity contribution is -0.123. The number of methoxy groups -OCH3 is 1. The molecule has 0 fully saturated rings. The summed E-state index contributed by atoms with van der Waals surface area (Å²) in [5.41, 5.74) is 4.28. The van der Waals surface area contributed by atoms with Gasteiger partial charge in [-0.05, 0) is 42.3 Å². The van der Waals surface area contributed by atoms with Gasteiger partial charge in [0.15, 0.2) is 12.0 Å². The summed E-state index contributed by atoms with van der Waals surface area (Å²) in [5.74, 6) is 0.0466. The molecule has 0 bridgehead atoms. The Labute approximate surface area is 170 Å². The Kier molecular flexibility index (Phi) is 5.24. The third kappa shape index (κ3) is 3.96. The zero-order valence-electron chi connectivity index (χ0n) is 16.5. The second-order valence-corrected chi connectivity index (χ2v) is 6.92. The highest BCUT2D eigenvalue weighted by atomic mass is 16.5. The summed E-state index contributed by atoms with van der Waals surface area (Å²) in [6.07, 6.45) is 5.39. The summed E-state index contributed by atoms with van der Waals surface area (Å²) in [4.78, 5) is 14.4. The molecule has 1 atom stereocenters. The molecule has 0 spiro atoms. The Morgan fingerprint density at radius 2 is 1.79 bits per heavy atom. The van der Waals surface area contributed by atoms with Crippen molar-refractivity contribution in [3.8, 4) is 5.69 Å². The van der Waals surface area contributed by atoms with Gasteiger partial charge in [0.2, 0.25) is 0 Å². The first-order valence-corrected chi connectivity index (χ1v) is 9.51. The van der Waals surface area contributed by atoms with Crippen molar-refractivity contribution in [2.45, 2.75) is 19.8 Å². The number of amides is 1. The summed E-state index contributed by atoms with van der Waals surface area (Å²) >= 11 is 0. The molecule has 1 amide bonds. The average molecular weight is 388 g/mol. The summed E-state index contributed by atoms with van der Waals surface area (Å²) in [6.45, 7) is 2.70. The van der Waals surface area contributed by atoms with Gasteiger partial charge in [-0.3, -0.25) is 4.79 Å². The van der Waals surface area contributed by atoms with Gasteiger partial charge in [-0.1, -0.05) is 36.4 Å². The van der Waals surface area contributed by atoms with Crippen molar-refractivity contribution in [2.24, 2.45) is 0 Å². The second-order valence-electron chi connectivity index (χ2n) is 6.92. The second kappa shape index (κ2) is 8.14. The molecule has 4 rings (SSSR count). The Morgan fingerprint density at radius 1 is 1.03 bits per heavy atom. The van der Waals surface area contributed by atoms with Crippen LogP contribution in [0.3, 0.4) is 0 Å².